The van der Waals surface area contributed by atoms with Crippen molar-refractivity contribution in [2.24, 2.45) is 0 Å². The van der Waals surface area contributed by atoms with Gasteiger partial charge in [0.15, 0.2) is 17.4 Å². The van der Waals surface area contributed by atoms with Gasteiger partial charge in [0.2, 0.25) is 5.95 Å². The van der Waals surface area contributed by atoms with Crippen molar-refractivity contribution in [3.8, 4) is 0 Å². The second kappa shape index (κ2) is 9.56. The van der Waals surface area contributed by atoms with Crippen LogP contribution in [0.5, 0.6) is 0 Å². The van der Waals surface area contributed by atoms with E-state index in [0.717, 1.165) is 21.5 Å². The first-order valence-electron chi connectivity index (χ1n) is 13.1. The molecule has 0 bridgehead atoms. The summed E-state index contributed by atoms with van der Waals surface area (Å²) in [4.78, 5) is 24.1. The number of benzene rings is 3. The predicted octanol–water partition coefficient (Wildman–Crippen LogP) is -0.0405. The minimum Gasteiger partial charge on any atom is -0.394 e. The van der Waals surface area contributed by atoms with Crippen LogP contribution in [0, 0.1) is 0 Å². The van der Waals surface area contributed by atoms with E-state index in [-0.39, 0.29) is 17.1 Å². The van der Waals surface area contributed by atoms with Crippen LogP contribution in [0.1, 0.15) is 29.5 Å². The van der Waals surface area contributed by atoms with Gasteiger partial charge in [-0.2, -0.15) is 4.98 Å². The molecule has 212 valence electrons. The maximum Gasteiger partial charge on any atom is 0.280 e. The zero-order chi connectivity index (χ0) is 28.6. The SMILES string of the molecule is O=c1[nH]c(NC2c3c(ccc4c3ccc3ccccc34)C(O)C(O)C2O)nc2c1ncn2[C@@H]1O[C@H](CO)[C@H](O)[C@H]1O. The van der Waals surface area contributed by atoms with Crippen LogP contribution in [0.15, 0.2) is 59.7 Å². The summed E-state index contributed by atoms with van der Waals surface area (Å²) in [5.74, 6) is -0.0765. The molecule has 1 aliphatic heterocycles. The van der Waals surface area contributed by atoms with Crippen molar-refractivity contribution in [1.29, 1.82) is 0 Å². The fourth-order valence-electron chi connectivity index (χ4n) is 6.07. The van der Waals surface area contributed by atoms with Gasteiger partial charge in [-0.3, -0.25) is 14.3 Å². The van der Waals surface area contributed by atoms with Gasteiger partial charge >= 0.3 is 0 Å². The van der Waals surface area contributed by atoms with E-state index in [4.69, 9.17) is 4.74 Å². The zero-order valence-electron chi connectivity index (χ0n) is 21.4. The Labute approximate surface area is 230 Å². The topological polar surface area (TPSA) is 206 Å². The average Bonchev–Trinajstić information content (AvgIpc) is 3.53. The molecule has 1 saturated heterocycles. The Kier molecular flexibility index (Phi) is 6.06. The number of ether oxygens (including phenoxy) is 1. The molecular formula is C28H27N5O8. The van der Waals surface area contributed by atoms with Crippen molar-refractivity contribution in [2.75, 3.05) is 11.9 Å². The van der Waals surface area contributed by atoms with E-state index in [1.54, 1.807) is 6.07 Å². The number of anilines is 1. The van der Waals surface area contributed by atoms with Gasteiger partial charge in [0.1, 0.15) is 36.6 Å². The molecule has 3 heterocycles. The van der Waals surface area contributed by atoms with Crippen LogP contribution in [0.3, 0.4) is 0 Å². The largest absolute Gasteiger partial charge is 0.394 e. The second-order valence-electron chi connectivity index (χ2n) is 10.5. The molecule has 2 aliphatic rings. The lowest BCUT2D eigenvalue weighted by atomic mass is 9.78. The van der Waals surface area contributed by atoms with Crippen molar-refractivity contribution in [1.82, 2.24) is 19.5 Å². The Morgan fingerprint density at radius 1 is 0.902 bits per heavy atom. The fraction of sp³-hybridized carbons (Fsp3) is 0.321. The number of rotatable bonds is 4. The highest BCUT2D eigenvalue weighted by Gasteiger charge is 2.45. The number of aromatic amines is 1. The van der Waals surface area contributed by atoms with E-state index in [1.807, 2.05) is 42.5 Å². The van der Waals surface area contributed by atoms with Crippen molar-refractivity contribution in [2.45, 2.75) is 48.9 Å². The number of aromatic nitrogens is 4. The Morgan fingerprint density at radius 2 is 1.68 bits per heavy atom. The van der Waals surface area contributed by atoms with Gasteiger partial charge in [0.25, 0.3) is 5.56 Å². The van der Waals surface area contributed by atoms with Gasteiger partial charge in [-0.1, -0.05) is 48.5 Å². The summed E-state index contributed by atoms with van der Waals surface area (Å²) >= 11 is 0. The highest BCUT2D eigenvalue weighted by Crippen LogP contribution is 2.43. The third kappa shape index (κ3) is 3.86. The monoisotopic (exact) mass is 561 g/mol. The van der Waals surface area contributed by atoms with Gasteiger partial charge in [0, 0.05) is 0 Å². The number of hydrogen-bond donors (Lipinski definition) is 8. The van der Waals surface area contributed by atoms with Crippen molar-refractivity contribution >= 4 is 38.7 Å². The van der Waals surface area contributed by atoms with Crippen molar-refractivity contribution in [3.05, 3.63) is 76.3 Å². The number of aliphatic hydroxyl groups is 6. The average molecular weight is 562 g/mol. The van der Waals surface area contributed by atoms with E-state index >= 15 is 0 Å². The van der Waals surface area contributed by atoms with Gasteiger partial charge in [-0.05, 0) is 32.7 Å². The normalized spacial score (nSPS) is 29.8. The van der Waals surface area contributed by atoms with E-state index in [9.17, 15) is 35.4 Å². The number of nitrogens with zero attached hydrogens (tertiary/aromatic N) is 3. The van der Waals surface area contributed by atoms with Crippen molar-refractivity contribution in [3.63, 3.8) is 0 Å². The van der Waals surface area contributed by atoms with Crippen LogP contribution in [-0.4, -0.2) is 87.3 Å². The molecule has 13 nitrogen and oxygen atoms in total. The number of H-pyrrole nitrogens is 1. The molecule has 13 heteroatoms. The van der Waals surface area contributed by atoms with Crippen LogP contribution in [0.2, 0.25) is 0 Å². The molecule has 8 N–H and O–H groups in total. The third-order valence-electron chi connectivity index (χ3n) is 8.16. The highest BCUT2D eigenvalue weighted by atomic mass is 16.6. The van der Waals surface area contributed by atoms with Crippen LogP contribution in [0.25, 0.3) is 32.7 Å². The van der Waals surface area contributed by atoms with E-state index < -0.39 is 61.1 Å². The number of imidazole rings is 1. The molecule has 0 radical (unpaired) electrons. The highest BCUT2D eigenvalue weighted by molar-refractivity contribution is 6.09. The molecule has 41 heavy (non-hydrogen) atoms. The summed E-state index contributed by atoms with van der Waals surface area (Å²) in [7, 11) is 0. The molecule has 3 aromatic carbocycles. The first-order chi connectivity index (χ1) is 19.8. The fourth-order valence-corrected chi connectivity index (χ4v) is 6.07. The first-order valence-corrected chi connectivity index (χ1v) is 13.1. The van der Waals surface area contributed by atoms with Gasteiger partial charge in [-0.15, -0.1) is 0 Å². The molecule has 0 spiro atoms. The summed E-state index contributed by atoms with van der Waals surface area (Å²) in [5.41, 5.74) is 0.283. The number of aliphatic hydroxyl groups excluding tert-OH is 6. The number of nitrogens with one attached hydrogen (secondary N) is 2. The molecular weight excluding hydrogens is 534 g/mol. The van der Waals surface area contributed by atoms with Gasteiger partial charge < -0.3 is 40.7 Å². The zero-order valence-corrected chi connectivity index (χ0v) is 21.4. The standard InChI is InChI=1S/C28H27N5O8/c34-9-16-21(36)24(39)27(41-16)33-10-29-19-25(33)31-28(32-26(19)40)30-18-17-14-6-5-11-3-1-2-4-12(11)13(14)7-8-15(17)20(35)23(38)22(18)37/h1-8,10,16,18,20-24,27,34-39H,9H2,(H2,30,31,32,40)/t16-,18?,20?,21+,22?,23?,24-,27-/m1/s1. The number of hydrogen-bond acceptors (Lipinski definition) is 11. The summed E-state index contributed by atoms with van der Waals surface area (Å²) in [6.07, 6.45) is -8.14. The molecule has 1 fully saturated rings. The van der Waals surface area contributed by atoms with E-state index in [0.29, 0.717) is 11.1 Å². The van der Waals surface area contributed by atoms with Crippen molar-refractivity contribution < 1.29 is 35.4 Å². The van der Waals surface area contributed by atoms with Crippen LogP contribution in [0.4, 0.5) is 5.95 Å². The third-order valence-corrected chi connectivity index (χ3v) is 8.16. The minimum atomic E-state index is -1.53. The maximum absolute atomic E-state index is 13.0. The molecule has 8 atom stereocenters. The Bertz CT molecular complexity index is 1860. The van der Waals surface area contributed by atoms with Gasteiger partial charge in [0.05, 0.1) is 19.0 Å². The molecule has 0 saturated carbocycles. The summed E-state index contributed by atoms with van der Waals surface area (Å²) in [5, 5.41) is 69.6. The molecule has 2 aromatic heterocycles. The van der Waals surface area contributed by atoms with Crippen LogP contribution < -0.4 is 10.9 Å². The summed E-state index contributed by atoms with van der Waals surface area (Å²) in [6, 6.07) is 14.2. The molecule has 1 aliphatic carbocycles. The molecule has 4 unspecified atom stereocenters. The molecule has 7 rings (SSSR count). The first kappa shape index (κ1) is 26.0. The Balaban J connectivity index is 1.35. The predicted molar refractivity (Wildman–Crippen MR) is 146 cm³/mol. The van der Waals surface area contributed by atoms with Crippen LogP contribution >= 0.6 is 0 Å². The quantitative estimate of drug-likeness (QED) is 0.137. The second-order valence-corrected chi connectivity index (χ2v) is 10.5. The summed E-state index contributed by atoms with van der Waals surface area (Å²) < 4.78 is 6.87. The summed E-state index contributed by atoms with van der Waals surface area (Å²) in [6.45, 7) is -0.529. The smallest absolute Gasteiger partial charge is 0.280 e. The number of fused-ring (bicyclic) bond motifs is 6. The molecule has 0 amide bonds. The van der Waals surface area contributed by atoms with E-state index in [2.05, 4.69) is 20.3 Å². The Morgan fingerprint density at radius 3 is 2.46 bits per heavy atom. The lowest BCUT2D eigenvalue weighted by Gasteiger charge is -2.38. The van der Waals surface area contributed by atoms with Crippen LogP contribution in [-0.2, 0) is 4.74 Å². The molecule has 5 aromatic rings. The lowest BCUT2D eigenvalue weighted by Crippen LogP contribution is -2.44. The Hall–Kier alpha value is -3.95. The van der Waals surface area contributed by atoms with Gasteiger partial charge in [-0.25, -0.2) is 4.98 Å². The lowest BCUT2D eigenvalue weighted by molar-refractivity contribution is -0.0767. The minimum absolute atomic E-state index is 0.0149. The van der Waals surface area contributed by atoms with E-state index in [1.165, 1.54) is 10.9 Å². The maximum atomic E-state index is 13.0.